The van der Waals surface area contributed by atoms with Gasteiger partial charge in [-0.1, -0.05) is 38.8 Å². The normalized spacial score (nSPS) is 12.7. The molecule has 0 fully saturated rings. The van der Waals surface area contributed by atoms with Gasteiger partial charge in [0.1, 0.15) is 0 Å². The van der Waals surface area contributed by atoms with Gasteiger partial charge in [0, 0.05) is 0 Å². The molecule has 2 N–H and O–H groups in total. The highest BCUT2D eigenvalue weighted by Gasteiger charge is 2.26. The molecule has 0 aliphatic rings. The summed E-state index contributed by atoms with van der Waals surface area (Å²) in [6, 6.07) is 0. The Hall–Kier alpha value is -0.800. The molecule has 3 heteroatoms. The second kappa shape index (κ2) is 10.4. The van der Waals surface area contributed by atoms with E-state index in [1.165, 1.54) is 12.8 Å². The van der Waals surface area contributed by atoms with Crippen molar-refractivity contribution in [3.05, 3.63) is 24.5 Å². The summed E-state index contributed by atoms with van der Waals surface area (Å²) < 4.78 is 5.33. The van der Waals surface area contributed by atoms with Gasteiger partial charge in [-0.15, -0.1) is 0 Å². The van der Waals surface area contributed by atoms with Crippen LogP contribution in [-0.2, 0) is 4.74 Å². The SMILES string of the molecule is CCCCC=CC=COCC(CC)(CO)CO. The number of ether oxygens (including phenoxy) is 1. The van der Waals surface area contributed by atoms with Crippen LogP contribution in [0.5, 0.6) is 0 Å². The van der Waals surface area contributed by atoms with Crippen LogP contribution in [0.15, 0.2) is 24.5 Å². The third kappa shape index (κ3) is 7.18. The van der Waals surface area contributed by atoms with Gasteiger partial charge in [-0.3, -0.25) is 0 Å². The van der Waals surface area contributed by atoms with E-state index in [9.17, 15) is 10.2 Å². The maximum absolute atomic E-state index is 9.20. The van der Waals surface area contributed by atoms with Crippen molar-refractivity contribution >= 4 is 0 Å². The number of allylic oxidation sites excluding steroid dienone is 3. The molecule has 0 aromatic rings. The van der Waals surface area contributed by atoms with Gasteiger partial charge in [0.25, 0.3) is 0 Å². The molecule has 0 radical (unpaired) electrons. The monoisotopic (exact) mass is 242 g/mol. The van der Waals surface area contributed by atoms with Gasteiger partial charge in [0.05, 0.1) is 31.5 Å². The Morgan fingerprint density at radius 1 is 1.12 bits per heavy atom. The molecule has 0 unspecified atom stereocenters. The second-order valence-corrected chi connectivity index (χ2v) is 4.38. The van der Waals surface area contributed by atoms with Crippen LogP contribution in [0.1, 0.15) is 39.5 Å². The smallest absolute Gasteiger partial charge is 0.0973 e. The Morgan fingerprint density at radius 2 is 1.82 bits per heavy atom. The number of rotatable bonds is 10. The van der Waals surface area contributed by atoms with Crippen LogP contribution < -0.4 is 0 Å². The summed E-state index contributed by atoms with van der Waals surface area (Å²) in [4.78, 5) is 0. The molecule has 17 heavy (non-hydrogen) atoms. The summed E-state index contributed by atoms with van der Waals surface area (Å²) in [6.07, 6.45) is 11.7. The van der Waals surface area contributed by atoms with E-state index in [0.29, 0.717) is 13.0 Å². The second-order valence-electron chi connectivity index (χ2n) is 4.38. The standard InChI is InChI=1S/C14H26O3/c1-3-5-6-7-8-9-10-17-13-14(4-2,11-15)12-16/h7-10,15-16H,3-6,11-13H2,1-2H3. The van der Waals surface area contributed by atoms with Crippen LogP contribution in [0, 0.1) is 5.41 Å². The number of unbranched alkanes of at least 4 members (excludes halogenated alkanes) is 2. The van der Waals surface area contributed by atoms with E-state index in [0.717, 1.165) is 6.42 Å². The zero-order valence-corrected chi connectivity index (χ0v) is 11.1. The molecule has 0 saturated carbocycles. The summed E-state index contributed by atoms with van der Waals surface area (Å²) >= 11 is 0. The molecule has 0 aromatic heterocycles. The summed E-state index contributed by atoms with van der Waals surface area (Å²) in [5.41, 5.74) is -0.518. The topological polar surface area (TPSA) is 49.7 Å². The molecule has 0 aliphatic carbocycles. The summed E-state index contributed by atoms with van der Waals surface area (Å²) in [5.74, 6) is 0. The van der Waals surface area contributed by atoms with E-state index >= 15 is 0 Å². The Labute approximate surface area is 105 Å². The Balaban J connectivity index is 3.80. The lowest BCUT2D eigenvalue weighted by molar-refractivity contribution is -0.00247. The van der Waals surface area contributed by atoms with Crippen molar-refractivity contribution in [1.82, 2.24) is 0 Å². The van der Waals surface area contributed by atoms with Crippen molar-refractivity contribution < 1.29 is 14.9 Å². The van der Waals surface area contributed by atoms with Crippen LogP contribution in [0.25, 0.3) is 0 Å². The quantitative estimate of drug-likeness (QED) is 0.352. The lowest BCUT2D eigenvalue weighted by Crippen LogP contribution is -2.33. The minimum atomic E-state index is -0.518. The zero-order chi connectivity index (χ0) is 13.0. The molecule has 0 bridgehead atoms. The third-order valence-electron chi connectivity index (χ3n) is 2.96. The first kappa shape index (κ1) is 16.2. The Morgan fingerprint density at radius 3 is 2.35 bits per heavy atom. The lowest BCUT2D eigenvalue weighted by atomic mass is 9.88. The van der Waals surface area contributed by atoms with E-state index in [1.54, 1.807) is 6.26 Å². The molecule has 3 nitrogen and oxygen atoms in total. The summed E-state index contributed by atoms with van der Waals surface area (Å²) in [6.45, 7) is 4.33. The average molecular weight is 242 g/mol. The van der Waals surface area contributed by atoms with Gasteiger partial charge in [0.15, 0.2) is 0 Å². The fourth-order valence-corrected chi connectivity index (χ4v) is 1.29. The first-order chi connectivity index (χ1) is 8.24. The molecule has 0 aromatic carbocycles. The van der Waals surface area contributed by atoms with Crippen LogP contribution in [0.4, 0.5) is 0 Å². The first-order valence-electron chi connectivity index (χ1n) is 6.39. The average Bonchev–Trinajstić information content (AvgIpc) is 2.38. The van der Waals surface area contributed by atoms with E-state index in [4.69, 9.17) is 4.74 Å². The van der Waals surface area contributed by atoms with Gasteiger partial charge in [0.2, 0.25) is 0 Å². The molecule has 0 saturated heterocycles. The van der Waals surface area contributed by atoms with Crippen molar-refractivity contribution in [3.63, 3.8) is 0 Å². The van der Waals surface area contributed by atoms with Crippen molar-refractivity contribution in [2.45, 2.75) is 39.5 Å². The Bertz CT molecular complexity index is 209. The fourth-order valence-electron chi connectivity index (χ4n) is 1.29. The molecule has 0 amide bonds. The highest BCUT2D eigenvalue weighted by atomic mass is 16.5. The van der Waals surface area contributed by atoms with Crippen molar-refractivity contribution in [2.24, 2.45) is 5.41 Å². The van der Waals surface area contributed by atoms with E-state index in [-0.39, 0.29) is 13.2 Å². The first-order valence-corrected chi connectivity index (χ1v) is 6.39. The molecule has 100 valence electrons. The maximum Gasteiger partial charge on any atom is 0.0973 e. The molecule has 0 heterocycles. The highest BCUT2D eigenvalue weighted by molar-refractivity contribution is 4.99. The fraction of sp³-hybridized carbons (Fsp3) is 0.714. The van der Waals surface area contributed by atoms with Crippen LogP contribution in [0.2, 0.25) is 0 Å². The van der Waals surface area contributed by atoms with Crippen molar-refractivity contribution in [2.75, 3.05) is 19.8 Å². The molecule has 0 rings (SSSR count). The molecule has 0 aliphatic heterocycles. The minimum Gasteiger partial charge on any atom is -0.500 e. The molecular formula is C14H26O3. The van der Waals surface area contributed by atoms with Gasteiger partial charge >= 0.3 is 0 Å². The predicted molar refractivity (Wildman–Crippen MR) is 70.7 cm³/mol. The van der Waals surface area contributed by atoms with Gasteiger partial charge in [-0.25, -0.2) is 0 Å². The summed E-state index contributed by atoms with van der Waals surface area (Å²) in [5, 5.41) is 18.4. The number of aliphatic hydroxyl groups is 2. The van der Waals surface area contributed by atoms with E-state index in [2.05, 4.69) is 13.0 Å². The zero-order valence-electron chi connectivity index (χ0n) is 11.1. The minimum absolute atomic E-state index is 0.0554. The number of hydrogen-bond acceptors (Lipinski definition) is 3. The number of hydrogen-bond donors (Lipinski definition) is 2. The van der Waals surface area contributed by atoms with Crippen LogP contribution in [0.3, 0.4) is 0 Å². The third-order valence-corrected chi connectivity index (χ3v) is 2.96. The largest absolute Gasteiger partial charge is 0.500 e. The summed E-state index contributed by atoms with van der Waals surface area (Å²) in [7, 11) is 0. The molecular weight excluding hydrogens is 216 g/mol. The molecule has 0 spiro atoms. The Kier molecular flexibility index (Phi) is 9.87. The van der Waals surface area contributed by atoms with Crippen molar-refractivity contribution in [3.8, 4) is 0 Å². The van der Waals surface area contributed by atoms with E-state index in [1.807, 2.05) is 19.1 Å². The van der Waals surface area contributed by atoms with Crippen molar-refractivity contribution in [1.29, 1.82) is 0 Å². The van der Waals surface area contributed by atoms with Crippen LogP contribution in [-0.4, -0.2) is 30.0 Å². The lowest BCUT2D eigenvalue weighted by Gasteiger charge is -2.27. The highest BCUT2D eigenvalue weighted by Crippen LogP contribution is 2.20. The molecule has 0 atom stereocenters. The maximum atomic E-state index is 9.20. The van der Waals surface area contributed by atoms with Gasteiger partial charge in [-0.2, -0.15) is 0 Å². The van der Waals surface area contributed by atoms with Crippen LogP contribution >= 0.6 is 0 Å². The predicted octanol–water partition coefficient (Wildman–Crippen LogP) is 2.64. The number of aliphatic hydroxyl groups excluding tert-OH is 2. The van der Waals surface area contributed by atoms with Gasteiger partial charge < -0.3 is 14.9 Å². The van der Waals surface area contributed by atoms with E-state index < -0.39 is 5.41 Å². The van der Waals surface area contributed by atoms with Gasteiger partial charge in [-0.05, 0) is 18.9 Å².